The second-order valence-corrected chi connectivity index (χ2v) is 4.19. The Morgan fingerprint density at radius 1 is 1.17 bits per heavy atom. The number of rotatable bonds is 6. The van der Waals surface area contributed by atoms with Gasteiger partial charge in [-0.25, -0.2) is 0 Å². The number of hydrogen-bond acceptors (Lipinski definition) is 4. The van der Waals surface area contributed by atoms with Gasteiger partial charge in [-0.1, -0.05) is 5.57 Å². The van der Waals surface area contributed by atoms with Crippen molar-refractivity contribution >= 4 is 0 Å². The van der Waals surface area contributed by atoms with Crippen molar-refractivity contribution in [2.45, 2.75) is 19.4 Å². The van der Waals surface area contributed by atoms with Crippen LogP contribution in [0.15, 0.2) is 24.3 Å². The van der Waals surface area contributed by atoms with E-state index in [1.165, 1.54) is 0 Å². The third kappa shape index (κ3) is 2.96. The highest BCUT2D eigenvalue weighted by molar-refractivity contribution is 5.56. The lowest BCUT2D eigenvalue weighted by Gasteiger charge is -2.19. The van der Waals surface area contributed by atoms with E-state index in [0.29, 0.717) is 23.7 Å². The van der Waals surface area contributed by atoms with E-state index >= 15 is 0 Å². The van der Waals surface area contributed by atoms with Crippen LogP contribution in [0.2, 0.25) is 0 Å². The zero-order valence-electron chi connectivity index (χ0n) is 11.4. The fraction of sp³-hybridized carbons (Fsp3) is 0.429. The van der Waals surface area contributed by atoms with Crippen molar-refractivity contribution in [3.8, 4) is 17.2 Å². The molecule has 1 rings (SSSR count). The second kappa shape index (κ2) is 6.31. The van der Waals surface area contributed by atoms with Gasteiger partial charge >= 0.3 is 0 Å². The maximum atomic E-state index is 6.15. The molecule has 0 saturated carbocycles. The molecule has 0 aliphatic rings. The molecule has 0 fully saturated rings. The monoisotopic (exact) mass is 251 g/mol. The first-order valence-corrected chi connectivity index (χ1v) is 5.74. The Balaban J connectivity index is 3.23. The van der Waals surface area contributed by atoms with Crippen LogP contribution >= 0.6 is 0 Å². The Morgan fingerprint density at radius 3 is 2.22 bits per heavy atom. The maximum Gasteiger partial charge on any atom is 0.203 e. The van der Waals surface area contributed by atoms with Gasteiger partial charge < -0.3 is 19.9 Å². The fourth-order valence-electron chi connectivity index (χ4n) is 1.90. The topological polar surface area (TPSA) is 53.7 Å². The molecule has 0 heterocycles. The van der Waals surface area contributed by atoms with Gasteiger partial charge in [0.1, 0.15) is 0 Å². The summed E-state index contributed by atoms with van der Waals surface area (Å²) < 4.78 is 16.0. The molecule has 2 N–H and O–H groups in total. The van der Waals surface area contributed by atoms with Gasteiger partial charge in [-0.05, 0) is 25.5 Å². The van der Waals surface area contributed by atoms with E-state index in [4.69, 9.17) is 19.9 Å². The van der Waals surface area contributed by atoms with Crippen molar-refractivity contribution in [1.82, 2.24) is 0 Å². The third-order valence-electron chi connectivity index (χ3n) is 2.70. The van der Waals surface area contributed by atoms with E-state index in [-0.39, 0.29) is 6.04 Å². The standard InChI is InChI=1S/C14H21NO3/c1-9(2)8-11(15)10-6-7-12(16-3)14(18-5)13(10)17-4/h6-7,11H,1,8,15H2,2-5H3. The van der Waals surface area contributed by atoms with E-state index in [2.05, 4.69) is 6.58 Å². The molecule has 4 heteroatoms. The smallest absolute Gasteiger partial charge is 0.203 e. The van der Waals surface area contributed by atoms with Crippen LogP contribution in [0.25, 0.3) is 0 Å². The Kier molecular flexibility index (Phi) is 5.04. The van der Waals surface area contributed by atoms with Gasteiger partial charge in [0.2, 0.25) is 5.75 Å². The molecule has 1 unspecified atom stereocenters. The number of nitrogens with two attached hydrogens (primary N) is 1. The first-order chi connectivity index (χ1) is 8.54. The summed E-state index contributed by atoms with van der Waals surface area (Å²) in [7, 11) is 4.76. The van der Waals surface area contributed by atoms with Gasteiger partial charge in [-0.2, -0.15) is 0 Å². The first-order valence-electron chi connectivity index (χ1n) is 5.74. The van der Waals surface area contributed by atoms with Crippen LogP contribution in [-0.4, -0.2) is 21.3 Å². The molecule has 0 saturated heterocycles. The lowest BCUT2D eigenvalue weighted by Crippen LogP contribution is -2.12. The van der Waals surface area contributed by atoms with Gasteiger partial charge in [0.05, 0.1) is 21.3 Å². The normalized spacial score (nSPS) is 11.8. The van der Waals surface area contributed by atoms with E-state index in [0.717, 1.165) is 11.1 Å². The summed E-state index contributed by atoms with van der Waals surface area (Å²) in [6.07, 6.45) is 0.700. The van der Waals surface area contributed by atoms with Gasteiger partial charge in [0, 0.05) is 11.6 Å². The number of methoxy groups -OCH3 is 3. The average molecular weight is 251 g/mol. The molecule has 0 radical (unpaired) electrons. The molecule has 0 amide bonds. The van der Waals surface area contributed by atoms with Crippen molar-refractivity contribution in [2.24, 2.45) is 5.73 Å². The lowest BCUT2D eigenvalue weighted by molar-refractivity contribution is 0.320. The Morgan fingerprint density at radius 2 is 1.78 bits per heavy atom. The van der Waals surface area contributed by atoms with Crippen molar-refractivity contribution in [3.63, 3.8) is 0 Å². The van der Waals surface area contributed by atoms with Crippen LogP contribution in [0.4, 0.5) is 0 Å². The Bertz CT molecular complexity index is 429. The predicted octanol–water partition coefficient (Wildman–Crippen LogP) is 2.68. The number of ether oxygens (including phenoxy) is 3. The van der Waals surface area contributed by atoms with Gasteiger partial charge in [0.25, 0.3) is 0 Å². The molecule has 100 valence electrons. The Hall–Kier alpha value is -1.68. The molecule has 1 aromatic carbocycles. The predicted molar refractivity (Wildman–Crippen MR) is 72.5 cm³/mol. The maximum absolute atomic E-state index is 6.15. The first kappa shape index (κ1) is 14.4. The van der Waals surface area contributed by atoms with Gasteiger partial charge in [-0.15, -0.1) is 6.58 Å². The number of benzene rings is 1. The van der Waals surface area contributed by atoms with Crippen LogP contribution in [0.1, 0.15) is 24.9 Å². The van der Waals surface area contributed by atoms with Crippen molar-refractivity contribution in [1.29, 1.82) is 0 Å². The second-order valence-electron chi connectivity index (χ2n) is 4.19. The van der Waals surface area contributed by atoms with Crippen LogP contribution in [0.3, 0.4) is 0 Å². The molecule has 1 aromatic rings. The molecule has 0 aliphatic carbocycles. The minimum absolute atomic E-state index is 0.169. The molecule has 18 heavy (non-hydrogen) atoms. The van der Waals surface area contributed by atoms with Gasteiger partial charge in [0.15, 0.2) is 11.5 Å². The summed E-state index contributed by atoms with van der Waals surface area (Å²) in [4.78, 5) is 0. The molecule has 0 spiro atoms. The van der Waals surface area contributed by atoms with E-state index in [1.807, 2.05) is 19.1 Å². The molecule has 0 bridgehead atoms. The fourth-order valence-corrected chi connectivity index (χ4v) is 1.90. The van der Waals surface area contributed by atoms with Gasteiger partial charge in [-0.3, -0.25) is 0 Å². The van der Waals surface area contributed by atoms with E-state index in [1.54, 1.807) is 21.3 Å². The van der Waals surface area contributed by atoms with E-state index < -0.39 is 0 Å². The van der Waals surface area contributed by atoms with Crippen LogP contribution in [0.5, 0.6) is 17.2 Å². The summed E-state index contributed by atoms with van der Waals surface area (Å²) in [5, 5.41) is 0. The van der Waals surface area contributed by atoms with Crippen LogP contribution < -0.4 is 19.9 Å². The summed E-state index contributed by atoms with van der Waals surface area (Å²) in [5.41, 5.74) is 8.06. The molecule has 0 aliphatic heterocycles. The summed E-state index contributed by atoms with van der Waals surface area (Å²) in [6.45, 7) is 5.83. The van der Waals surface area contributed by atoms with Crippen LogP contribution in [0, 0.1) is 0 Å². The number of hydrogen-bond donors (Lipinski definition) is 1. The summed E-state index contributed by atoms with van der Waals surface area (Å²) >= 11 is 0. The highest BCUT2D eigenvalue weighted by Gasteiger charge is 2.19. The highest BCUT2D eigenvalue weighted by Crippen LogP contribution is 2.42. The largest absolute Gasteiger partial charge is 0.493 e. The molecule has 1 atom stereocenters. The summed E-state index contributed by atoms with van der Waals surface area (Å²) in [5.74, 6) is 1.81. The van der Waals surface area contributed by atoms with Crippen molar-refractivity contribution < 1.29 is 14.2 Å². The average Bonchev–Trinajstić information content (AvgIpc) is 2.35. The zero-order valence-corrected chi connectivity index (χ0v) is 11.4. The quantitative estimate of drug-likeness (QED) is 0.790. The highest BCUT2D eigenvalue weighted by atomic mass is 16.5. The lowest BCUT2D eigenvalue weighted by atomic mass is 9.99. The third-order valence-corrected chi connectivity index (χ3v) is 2.70. The molecular formula is C14H21NO3. The molecule has 0 aromatic heterocycles. The van der Waals surface area contributed by atoms with E-state index in [9.17, 15) is 0 Å². The Labute approximate surface area is 108 Å². The molecule has 4 nitrogen and oxygen atoms in total. The SMILES string of the molecule is C=C(C)CC(N)c1ccc(OC)c(OC)c1OC. The van der Waals surface area contributed by atoms with Crippen molar-refractivity contribution in [3.05, 3.63) is 29.8 Å². The zero-order chi connectivity index (χ0) is 13.7. The molecular weight excluding hydrogens is 230 g/mol. The summed E-state index contributed by atoms with van der Waals surface area (Å²) in [6, 6.07) is 3.56. The minimum Gasteiger partial charge on any atom is -0.493 e. The minimum atomic E-state index is -0.169. The van der Waals surface area contributed by atoms with Crippen LogP contribution in [-0.2, 0) is 0 Å². The van der Waals surface area contributed by atoms with Crippen molar-refractivity contribution in [2.75, 3.05) is 21.3 Å².